The number of benzene rings is 1. The summed E-state index contributed by atoms with van der Waals surface area (Å²) in [5.41, 5.74) is -0.220. The fourth-order valence-electron chi connectivity index (χ4n) is 1.62. The van der Waals surface area contributed by atoms with E-state index in [1.54, 1.807) is 12.1 Å². The summed E-state index contributed by atoms with van der Waals surface area (Å²) in [4.78, 5) is 11.9. The average Bonchev–Trinajstić information content (AvgIpc) is 2.89. The summed E-state index contributed by atoms with van der Waals surface area (Å²) in [6, 6.07) is 5.67. The molecule has 0 radical (unpaired) electrons. The first-order valence-electron chi connectivity index (χ1n) is 5.55. The number of phenols is 1. The van der Waals surface area contributed by atoms with Gasteiger partial charge in [0.2, 0.25) is 0 Å². The molecule has 2 aromatic rings. The summed E-state index contributed by atoms with van der Waals surface area (Å²) in [6.45, 7) is -0.376. The molecule has 0 unspecified atom stereocenters. The third kappa shape index (κ3) is 2.92. The highest BCUT2D eigenvalue weighted by atomic mass is 19.1. The molecule has 1 aromatic heterocycles. The zero-order valence-corrected chi connectivity index (χ0v) is 9.84. The van der Waals surface area contributed by atoms with E-state index in [0.29, 0.717) is 5.76 Å². The van der Waals surface area contributed by atoms with Crippen molar-refractivity contribution in [1.29, 1.82) is 0 Å². The lowest BCUT2D eigenvalue weighted by Crippen LogP contribution is -2.31. The van der Waals surface area contributed by atoms with Crippen molar-refractivity contribution in [1.82, 2.24) is 5.32 Å². The molecule has 0 saturated carbocycles. The van der Waals surface area contributed by atoms with E-state index in [-0.39, 0.29) is 17.9 Å². The van der Waals surface area contributed by atoms with Crippen molar-refractivity contribution in [2.24, 2.45) is 0 Å². The summed E-state index contributed by atoms with van der Waals surface area (Å²) in [7, 11) is 0. The van der Waals surface area contributed by atoms with Crippen LogP contribution in [0.1, 0.15) is 22.2 Å². The molecular weight excluding hydrogens is 253 g/mol. The Labute approximate surface area is 108 Å². The van der Waals surface area contributed by atoms with Gasteiger partial charge in [0.15, 0.2) is 0 Å². The Morgan fingerprint density at radius 3 is 2.79 bits per heavy atom. The molecule has 1 amide bonds. The Morgan fingerprint density at radius 2 is 2.21 bits per heavy atom. The zero-order chi connectivity index (χ0) is 13.8. The van der Waals surface area contributed by atoms with Crippen molar-refractivity contribution in [2.75, 3.05) is 6.61 Å². The molecule has 1 atom stereocenters. The first kappa shape index (κ1) is 13.1. The molecule has 0 fully saturated rings. The number of aliphatic hydroxyl groups excluding tert-OH is 1. The number of aliphatic hydroxyl groups is 1. The van der Waals surface area contributed by atoms with Gasteiger partial charge in [-0.2, -0.15) is 0 Å². The van der Waals surface area contributed by atoms with Gasteiger partial charge in [-0.05, 0) is 24.3 Å². The number of nitrogens with one attached hydrogen (secondary N) is 1. The van der Waals surface area contributed by atoms with Crippen molar-refractivity contribution in [2.45, 2.75) is 6.04 Å². The van der Waals surface area contributed by atoms with Crippen LogP contribution in [0.3, 0.4) is 0 Å². The minimum absolute atomic E-state index is 0.220. The second-order valence-corrected chi connectivity index (χ2v) is 3.89. The van der Waals surface area contributed by atoms with Crippen LogP contribution in [0.4, 0.5) is 4.39 Å². The number of carbonyl (C=O) groups excluding carboxylic acids is 1. The maximum absolute atomic E-state index is 13.5. The first-order valence-corrected chi connectivity index (χ1v) is 5.55. The van der Waals surface area contributed by atoms with Gasteiger partial charge in [-0.15, -0.1) is 0 Å². The van der Waals surface area contributed by atoms with Crippen LogP contribution < -0.4 is 5.32 Å². The van der Waals surface area contributed by atoms with Gasteiger partial charge < -0.3 is 19.9 Å². The van der Waals surface area contributed by atoms with E-state index >= 15 is 0 Å². The van der Waals surface area contributed by atoms with E-state index in [1.165, 1.54) is 12.3 Å². The Morgan fingerprint density at radius 1 is 1.42 bits per heavy atom. The lowest BCUT2D eigenvalue weighted by Gasteiger charge is -2.14. The van der Waals surface area contributed by atoms with Crippen molar-refractivity contribution in [3.05, 3.63) is 53.7 Å². The summed E-state index contributed by atoms with van der Waals surface area (Å²) in [5.74, 6) is -1.43. The number of furan rings is 1. The number of rotatable bonds is 4. The van der Waals surface area contributed by atoms with Crippen LogP contribution in [0.5, 0.6) is 5.75 Å². The third-order valence-electron chi connectivity index (χ3n) is 2.57. The molecule has 19 heavy (non-hydrogen) atoms. The molecular formula is C13H12FNO4. The SMILES string of the molecule is O=C(N[C@H](CO)c1ccco1)c1ccc(O)cc1F. The van der Waals surface area contributed by atoms with E-state index in [4.69, 9.17) is 9.52 Å². The Balaban J connectivity index is 2.16. The van der Waals surface area contributed by atoms with Gasteiger partial charge >= 0.3 is 0 Å². The molecule has 0 aliphatic heterocycles. The van der Waals surface area contributed by atoms with E-state index in [9.17, 15) is 14.3 Å². The molecule has 0 bridgehead atoms. The highest BCUT2D eigenvalue weighted by molar-refractivity contribution is 5.94. The molecule has 0 spiro atoms. The van der Waals surface area contributed by atoms with Gasteiger partial charge in [0.25, 0.3) is 5.91 Å². The molecule has 100 valence electrons. The van der Waals surface area contributed by atoms with Crippen molar-refractivity contribution in [3.8, 4) is 5.75 Å². The average molecular weight is 265 g/mol. The van der Waals surface area contributed by atoms with Gasteiger partial charge in [-0.3, -0.25) is 4.79 Å². The monoisotopic (exact) mass is 265 g/mol. The Bertz CT molecular complexity index is 568. The number of carbonyl (C=O) groups is 1. The van der Waals surface area contributed by atoms with Crippen molar-refractivity contribution in [3.63, 3.8) is 0 Å². The molecule has 6 heteroatoms. The lowest BCUT2D eigenvalue weighted by molar-refractivity contribution is 0.0903. The predicted octanol–water partition coefficient (Wildman–Crippen LogP) is 1.59. The number of phenolic OH excluding ortho intramolecular Hbond substituents is 1. The van der Waals surface area contributed by atoms with E-state index < -0.39 is 17.8 Å². The van der Waals surface area contributed by atoms with Gasteiger partial charge in [-0.1, -0.05) is 0 Å². The second kappa shape index (κ2) is 5.53. The predicted molar refractivity (Wildman–Crippen MR) is 64.1 cm³/mol. The van der Waals surface area contributed by atoms with Gasteiger partial charge in [0, 0.05) is 6.07 Å². The quantitative estimate of drug-likeness (QED) is 0.784. The number of hydrogen-bond acceptors (Lipinski definition) is 4. The van der Waals surface area contributed by atoms with Crippen LogP contribution in [0.25, 0.3) is 0 Å². The maximum atomic E-state index is 13.5. The van der Waals surface area contributed by atoms with Gasteiger partial charge in [0.05, 0.1) is 18.4 Å². The van der Waals surface area contributed by atoms with Crippen molar-refractivity contribution < 1.29 is 23.8 Å². The molecule has 0 saturated heterocycles. The topological polar surface area (TPSA) is 82.7 Å². The van der Waals surface area contributed by atoms with Crippen LogP contribution in [0, 0.1) is 5.82 Å². The Kier molecular flexibility index (Phi) is 3.82. The zero-order valence-electron chi connectivity index (χ0n) is 9.84. The van der Waals surface area contributed by atoms with E-state index in [1.807, 2.05) is 0 Å². The number of aromatic hydroxyl groups is 1. The first-order chi connectivity index (χ1) is 9.11. The standard InChI is InChI=1S/C13H12FNO4/c14-10-6-8(17)3-4-9(10)13(18)15-11(7-16)12-2-1-5-19-12/h1-6,11,16-17H,7H2,(H,15,18)/t11-/m1/s1. The van der Waals surface area contributed by atoms with Crippen molar-refractivity contribution >= 4 is 5.91 Å². The number of amides is 1. The molecule has 5 nitrogen and oxygen atoms in total. The van der Waals surface area contributed by atoms with E-state index in [0.717, 1.165) is 12.1 Å². The van der Waals surface area contributed by atoms with Crippen LogP contribution in [-0.2, 0) is 0 Å². The largest absolute Gasteiger partial charge is 0.508 e. The summed E-state index contributed by atoms with van der Waals surface area (Å²) in [5, 5.41) is 20.7. The normalized spacial score (nSPS) is 12.1. The fourth-order valence-corrected chi connectivity index (χ4v) is 1.62. The number of hydrogen-bond donors (Lipinski definition) is 3. The highest BCUT2D eigenvalue weighted by Gasteiger charge is 2.19. The maximum Gasteiger partial charge on any atom is 0.254 e. The molecule has 1 aromatic carbocycles. The minimum Gasteiger partial charge on any atom is -0.508 e. The van der Waals surface area contributed by atoms with Crippen LogP contribution in [0.2, 0.25) is 0 Å². The lowest BCUT2D eigenvalue weighted by atomic mass is 10.1. The second-order valence-electron chi connectivity index (χ2n) is 3.89. The molecule has 0 aliphatic carbocycles. The minimum atomic E-state index is -0.839. The molecule has 2 rings (SSSR count). The van der Waals surface area contributed by atoms with E-state index in [2.05, 4.69) is 5.32 Å². The summed E-state index contributed by atoms with van der Waals surface area (Å²) in [6.07, 6.45) is 1.41. The molecule has 0 aliphatic rings. The van der Waals surface area contributed by atoms with Crippen LogP contribution >= 0.6 is 0 Å². The third-order valence-corrected chi connectivity index (χ3v) is 2.57. The summed E-state index contributed by atoms with van der Waals surface area (Å²) >= 11 is 0. The van der Waals surface area contributed by atoms with Gasteiger partial charge in [0.1, 0.15) is 23.4 Å². The molecule has 3 N–H and O–H groups in total. The molecule has 1 heterocycles. The summed E-state index contributed by atoms with van der Waals surface area (Å²) < 4.78 is 18.6. The van der Waals surface area contributed by atoms with Gasteiger partial charge in [-0.25, -0.2) is 4.39 Å². The Hall–Kier alpha value is -2.34. The smallest absolute Gasteiger partial charge is 0.254 e. The van der Waals surface area contributed by atoms with Crippen LogP contribution in [0.15, 0.2) is 41.0 Å². The highest BCUT2D eigenvalue weighted by Crippen LogP contribution is 2.17. The number of halogens is 1. The van der Waals surface area contributed by atoms with Crippen LogP contribution in [-0.4, -0.2) is 22.7 Å². The fraction of sp³-hybridized carbons (Fsp3) is 0.154.